The molecule has 5 heteroatoms. The van der Waals surface area contributed by atoms with Crippen LogP contribution in [0, 0.1) is 0 Å². The molecule has 1 heterocycles. The number of carbonyl (C=O) groups excluding carboxylic acids is 2. The number of hydrogen-bond donors (Lipinski definition) is 0. The molecule has 0 radical (unpaired) electrons. The van der Waals surface area contributed by atoms with Gasteiger partial charge in [0.05, 0.1) is 19.8 Å². The van der Waals surface area contributed by atoms with E-state index in [0.717, 1.165) is 0 Å². The van der Waals surface area contributed by atoms with E-state index in [4.69, 9.17) is 9.15 Å². The molecule has 21 heavy (non-hydrogen) atoms. The molecule has 108 valence electrons. The molecule has 0 unspecified atom stereocenters. The van der Waals surface area contributed by atoms with Crippen molar-refractivity contribution < 1.29 is 23.5 Å². The number of rotatable bonds is 5. The van der Waals surface area contributed by atoms with Gasteiger partial charge >= 0.3 is 11.9 Å². The molecule has 0 aliphatic rings. The topological polar surface area (TPSA) is 65.7 Å². The highest BCUT2D eigenvalue weighted by molar-refractivity contribution is 5.88. The summed E-state index contributed by atoms with van der Waals surface area (Å²) in [6.07, 6.45) is 4.32. The smallest absolute Gasteiger partial charge is 0.336 e. The van der Waals surface area contributed by atoms with Crippen LogP contribution in [0.25, 0.3) is 6.08 Å². The molecule has 0 aliphatic heterocycles. The highest BCUT2D eigenvalue weighted by Gasteiger charge is 2.10. The third-order valence-electron chi connectivity index (χ3n) is 2.67. The number of benzene rings is 1. The zero-order valence-electron chi connectivity index (χ0n) is 11.4. The van der Waals surface area contributed by atoms with Gasteiger partial charge in [0.1, 0.15) is 11.5 Å². The van der Waals surface area contributed by atoms with Gasteiger partial charge in [0.25, 0.3) is 0 Å². The Kier molecular flexibility index (Phi) is 4.93. The Hall–Kier alpha value is -2.82. The number of para-hydroxylation sites is 1. The Morgan fingerprint density at radius 2 is 2.00 bits per heavy atom. The standard InChI is InChI=1S/C16H14O5/c1-19-16(18)11-12-5-2-3-7-14(12)21-15(17)9-8-13-6-4-10-20-13/h2-10H,11H2,1H3. The number of carbonyl (C=O) groups is 2. The van der Waals surface area contributed by atoms with Crippen LogP contribution in [0.5, 0.6) is 5.75 Å². The molecule has 2 rings (SSSR count). The summed E-state index contributed by atoms with van der Waals surface area (Å²) in [6.45, 7) is 0. The van der Waals surface area contributed by atoms with E-state index in [1.165, 1.54) is 25.5 Å². The molecule has 0 amide bonds. The molecule has 1 aromatic heterocycles. The highest BCUT2D eigenvalue weighted by Crippen LogP contribution is 2.19. The lowest BCUT2D eigenvalue weighted by atomic mass is 10.1. The van der Waals surface area contributed by atoms with Crippen molar-refractivity contribution in [3.63, 3.8) is 0 Å². The summed E-state index contributed by atoms with van der Waals surface area (Å²) in [5, 5.41) is 0. The van der Waals surface area contributed by atoms with Crippen molar-refractivity contribution in [1.29, 1.82) is 0 Å². The molecule has 0 bridgehead atoms. The molecule has 0 N–H and O–H groups in total. The summed E-state index contributed by atoms with van der Waals surface area (Å²) >= 11 is 0. The van der Waals surface area contributed by atoms with Crippen LogP contribution in [-0.4, -0.2) is 19.0 Å². The molecular weight excluding hydrogens is 272 g/mol. The van der Waals surface area contributed by atoms with Crippen molar-refractivity contribution in [1.82, 2.24) is 0 Å². The van der Waals surface area contributed by atoms with Gasteiger partial charge in [0.15, 0.2) is 0 Å². The van der Waals surface area contributed by atoms with E-state index >= 15 is 0 Å². The van der Waals surface area contributed by atoms with Crippen LogP contribution in [-0.2, 0) is 20.7 Å². The van der Waals surface area contributed by atoms with Crippen LogP contribution >= 0.6 is 0 Å². The summed E-state index contributed by atoms with van der Waals surface area (Å²) in [5.41, 5.74) is 0.587. The SMILES string of the molecule is COC(=O)Cc1ccccc1OC(=O)C=Cc1ccco1. The third kappa shape index (κ3) is 4.35. The van der Waals surface area contributed by atoms with Crippen LogP contribution in [0.15, 0.2) is 53.2 Å². The highest BCUT2D eigenvalue weighted by atomic mass is 16.5. The van der Waals surface area contributed by atoms with Gasteiger partial charge in [-0.1, -0.05) is 18.2 Å². The average molecular weight is 286 g/mol. The van der Waals surface area contributed by atoms with Crippen molar-refractivity contribution in [2.45, 2.75) is 6.42 Å². The van der Waals surface area contributed by atoms with Gasteiger partial charge in [-0.2, -0.15) is 0 Å². The Labute approximate surface area is 121 Å². The van der Waals surface area contributed by atoms with Crippen molar-refractivity contribution in [3.8, 4) is 5.75 Å². The second-order valence-electron chi connectivity index (χ2n) is 4.13. The maximum Gasteiger partial charge on any atom is 0.336 e. The van der Waals surface area contributed by atoms with Crippen LogP contribution in [0.1, 0.15) is 11.3 Å². The number of methoxy groups -OCH3 is 1. The maximum atomic E-state index is 11.7. The molecule has 0 fully saturated rings. The first-order valence-corrected chi connectivity index (χ1v) is 6.27. The zero-order chi connectivity index (χ0) is 15.1. The quantitative estimate of drug-likeness (QED) is 0.480. The summed E-state index contributed by atoms with van der Waals surface area (Å²) in [4.78, 5) is 23.1. The lowest BCUT2D eigenvalue weighted by Crippen LogP contribution is -2.09. The molecule has 0 aliphatic carbocycles. The number of ether oxygens (including phenoxy) is 2. The fourth-order valence-electron chi connectivity index (χ4n) is 1.66. The van der Waals surface area contributed by atoms with E-state index < -0.39 is 11.9 Å². The Balaban J connectivity index is 2.05. The molecule has 0 saturated heterocycles. The van der Waals surface area contributed by atoms with E-state index in [2.05, 4.69) is 4.74 Å². The summed E-state index contributed by atoms with van der Waals surface area (Å²) in [5.74, 6) is -0.0693. The van der Waals surface area contributed by atoms with Crippen LogP contribution in [0.4, 0.5) is 0 Å². The Morgan fingerprint density at radius 3 is 2.71 bits per heavy atom. The fourth-order valence-corrected chi connectivity index (χ4v) is 1.66. The van der Waals surface area contributed by atoms with Crippen LogP contribution in [0.3, 0.4) is 0 Å². The van der Waals surface area contributed by atoms with Crippen molar-refractivity contribution >= 4 is 18.0 Å². The Bertz CT molecular complexity index is 640. The van der Waals surface area contributed by atoms with E-state index in [1.54, 1.807) is 36.4 Å². The molecule has 0 spiro atoms. The summed E-state index contributed by atoms with van der Waals surface area (Å²) in [7, 11) is 1.31. The van der Waals surface area contributed by atoms with Gasteiger partial charge in [-0.3, -0.25) is 4.79 Å². The zero-order valence-corrected chi connectivity index (χ0v) is 11.4. The van der Waals surface area contributed by atoms with Gasteiger partial charge in [-0.15, -0.1) is 0 Å². The minimum atomic E-state index is -0.552. The Morgan fingerprint density at radius 1 is 1.19 bits per heavy atom. The lowest BCUT2D eigenvalue weighted by Gasteiger charge is -2.07. The van der Waals surface area contributed by atoms with E-state index in [9.17, 15) is 9.59 Å². The molecule has 0 atom stereocenters. The van der Waals surface area contributed by atoms with Crippen molar-refractivity contribution in [2.24, 2.45) is 0 Å². The first-order valence-electron chi connectivity index (χ1n) is 6.27. The summed E-state index contributed by atoms with van der Waals surface area (Å²) in [6, 6.07) is 10.2. The van der Waals surface area contributed by atoms with Crippen LogP contribution < -0.4 is 4.74 Å². The largest absolute Gasteiger partial charge is 0.469 e. The normalized spacial score (nSPS) is 10.5. The van der Waals surface area contributed by atoms with Crippen molar-refractivity contribution in [2.75, 3.05) is 7.11 Å². The third-order valence-corrected chi connectivity index (χ3v) is 2.67. The average Bonchev–Trinajstić information content (AvgIpc) is 3.00. The van der Waals surface area contributed by atoms with Gasteiger partial charge in [-0.25, -0.2) is 4.79 Å². The fraction of sp³-hybridized carbons (Fsp3) is 0.125. The molecule has 2 aromatic rings. The minimum Gasteiger partial charge on any atom is -0.469 e. The van der Waals surface area contributed by atoms with Crippen LogP contribution in [0.2, 0.25) is 0 Å². The number of furan rings is 1. The second-order valence-corrected chi connectivity index (χ2v) is 4.13. The van der Waals surface area contributed by atoms with Gasteiger partial charge < -0.3 is 13.9 Å². The predicted molar refractivity (Wildman–Crippen MR) is 75.5 cm³/mol. The van der Waals surface area contributed by atoms with Gasteiger partial charge in [0.2, 0.25) is 0 Å². The second kappa shape index (κ2) is 7.09. The number of hydrogen-bond acceptors (Lipinski definition) is 5. The predicted octanol–water partition coefficient (Wildman–Crippen LogP) is 2.61. The van der Waals surface area contributed by atoms with Crippen molar-refractivity contribution in [3.05, 3.63) is 60.1 Å². The minimum absolute atomic E-state index is 0.0435. The number of esters is 2. The first-order chi connectivity index (χ1) is 10.2. The molecule has 1 aromatic carbocycles. The van der Waals surface area contributed by atoms with E-state index in [1.807, 2.05) is 0 Å². The van der Waals surface area contributed by atoms with E-state index in [-0.39, 0.29) is 6.42 Å². The lowest BCUT2D eigenvalue weighted by molar-refractivity contribution is -0.140. The van der Waals surface area contributed by atoms with E-state index in [0.29, 0.717) is 17.1 Å². The molecular formula is C16H14O5. The monoisotopic (exact) mass is 286 g/mol. The summed E-state index contributed by atoms with van der Waals surface area (Å²) < 4.78 is 14.9. The molecule has 0 saturated carbocycles. The van der Waals surface area contributed by atoms with Gasteiger partial charge in [0, 0.05) is 11.6 Å². The van der Waals surface area contributed by atoms with Gasteiger partial charge in [-0.05, 0) is 24.3 Å². The first kappa shape index (κ1) is 14.6. The maximum absolute atomic E-state index is 11.7. The molecule has 5 nitrogen and oxygen atoms in total.